The zero-order valence-electron chi connectivity index (χ0n) is 19.4. The van der Waals surface area contributed by atoms with Crippen molar-refractivity contribution >= 4 is 29.9 Å². The van der Waals surface area contributed by atoms with Gasteiger partial charge in [0.15, 0.2) is 5.96 Å². The van der Waals surface area contributed by atoms with Crippen molar-refractivity contribution in [3.8, 4) is 0 Å². The number of hydrogen-bond donors (Lipinski definition) is 2. The average molecular weight is 532 g/mol. The summed E-state index contributed by atoms with van der Waals surface area (Å²) in [7, 11) is 0. The normalized spacial score (nSPS) is 20.2. The summed E-state index contributed by atoms with van der Waals surface area (Å²) in [5.41, 5.74) is 1.46. The van der Waals surface area contributed by atoms with Crippen LogP contribution < -0.4 is 10.6 Å². The number of aryl methyl sites for hydroxylation is 2. The summed E-state index contributed by atoms with van der Waals surface area (Å²) in [5, 5.41) is 7.06. The molecule has 0 unspecified atom stereocenters. The summed E-state index contributed by atoms with van der Waals surface area (Å²) in [6.07, 6.45) is 9.10. The maximum absolute atomic E-state index is 5.75. The van der Waals surface area contributed by atoms with Gasteiger partial charge in [-0.25, -0.2) is 4.98 Å². The van der Waals surface area contributed by atoms with Crippen LogP contribution >= 0.6 is 24.0 Å². The lowest BCUT2D eigenvalue weighted by molar-refractivity contribution is 0.164. The largest absolute Gasteiger partial charge is 0.444 e. The number of aromatic nitrogens is 1. The highest BCUT2D eigenvalue weighted by atomic mass is 127. The van der Waals surface area contributed by atoms with Crippen LogP contribution in [0.5, 0.6) is 0 Å². The monoisotopic (exact) mass is 531 g/mol. The molecule has 0 spiro atoms. The predicted molar refractivity (Wildman–Crippen MR) is 135 cm³/mol. The molecule has 2 N–H and O–H groups in total. The lowest BCUT2D eigenvalue weighted by atomic mass is 9.84. The number of guanidine groups is 1. The lowest BCUT2D eigenvalue weighted by Crippen LogP contribution is -2.43. The molecular weight excluding hydrogens is 489 g/mol. The van der Waals surface area contributed by atoms with Crippen molar-refractivity contribution in [1.82, 2.24) is 20.5 Å². The van der Waals surface area contributed by atoms with E-state index in [4.69, 9.17) is 9.41 Å². The van der Waals surface area contributed by atoms with E-state index in [-0.39, 0.29) is 24.0 Å². The fourth-order valence-electron chi connectivity index (χ4n) is 4.72. The minimum atomic E-state index is 0. The van der Waals surface area contributed by atoms with Crippen LogP contribution in [0.1, 0.15) is 76.1 Å². The Hall–Kier alpha value is -0.830. The molecule has 2 aliphatic rings. The maximum Gasteiger partial charge on any atom is 0.208 e. The van der Waals surface area contributed by atoms with Crippen LogP contribution in [0.15, 0.2) is 9.41 Å². The number of rotatable bonds is 8. The summed E-state index contributed by atoms with van der Waals surface area (Å²) < 4.78 is 5.75. The van der Waals surface area contributed by atoms with Crippen molar-refractivity contribution in [3.63, 3.8) is 0 Å². The van der Waals surface area contributed by atoms with Crippen molar-refractivity contribution in [2.75, 3.05) is 32.7 Å². The maximum atomic E-state index is 5.75. The van der Waals surface area contributed by atoms with Gasteiger partial charge in [-0.3, -0.25) is 9.89 Å². The molecule has 172 valence electrons. The topological polar surface area (TPSA) is 65.7 Å². The second-order valence-electron chi connectivity index (χ2n) is 9.11. The molecular formula is C23H42IN5O. The fourth-order valence-corrected chi connectivity index (χ4v) is 4.72. The van der Waals surface area contributed by atoms with E-state index in [1.807, 2.05) is 13.8 Å². The summed E-state index contributed by atoms with van der Waals surface area (Å²) in [6.45, 7) is 14.4. The Morgan fingerprint density at radius 1 is 1.17 bits per heavy atom. The highest BCUT2D eigenvalue weighted by molar-refractivity contribution is 14.0. The quantitative estimate of drug-likeness (QED) is 0.291. The summed E-state index contributed by atoms with van der Waals surface area (Å²) in [5.74, 6) is 3.50. The molecule has 30 heavy (non-hydrogen) atoms. The smallest absolute Gasteiger partial charge is 0.208 e. The second kappa shape index (κ2) is 12.3. The molecule has 1 saturated carbocycles. The summed E-state index contributed by atoms with van der Waals surface area (Å²) in [4.78, 5) is 12.0. The molecule has 0 aromatic carbocycles. The Labute approximate surface area is 200 Å². The average Bonchev–Trinajstić information content (AvgIpc) is 3.32. The van der Waals surface area contributed by atoms with Crippen LogP contribution in [0, 0.1) is 25.2 Å². The number of halogens is 1. The standard InChI is InChI=1S/C23H41N5O.HI/c1-5-23(11-7-8-12-23)17-26-22(24-6-2)25-15-20-9-13-28(14-10-20)16-21-27-18(3)19(4)29-21;/h20H,5-17H2,1-4H3,(H2,24,25,26);1H. The van der Waals surface area contributed by atoms with Gasteiger partial charge in [0.2, 0.25) is 5.89 Å². The van der Waals surface area contributed by atoms with E-state index < -0.39 is 0 Å². The van der Waals surface area contributed by atoms with Gasteiger partial charge in [-0.2, -0.15) is 0 Å². The highest BCUT2D eigenvalue weighted by Crippen LogP contribution is 2.41. The first-order chi connectivity index (χ1) is 14.0. The summed E-state index contributed by atoms with van der Waals surface area (Å²) in [6, 6.07) is 0. The van der Waals surface area contributed by atoms with Crippen molar-refractivity contribution < 1.29 is 4.42 Å². The number of piperidine rings is 1. The Bertz CT molecular complexity index is 641. The SMILES string of the molecule is CCNC(=NCC1(CC)CCCC1)NCC1CCN(Cc2nc(C)c(C)o2)CC1.I. The Balaban J connectivity index is 0.00000320. The molecule has 6 nitrogen and oxygen atoms in total. The molecule has 7 heteroatoms. The predicted octanol–water partition coefficient (Wildman–Crippen LogP) is 4.65. The van der Waals surface area contributed by atoms with Crippen molar-refractivity contribution in [3.05, 3.63) is 17.3 Å². The van der Waals surface area contributed by atoms with Crippen LogP contribution in [-0.4, -0.2) is 48.6 Å². The van der Waals surface area contributed by atoms with E-state index in [2.05, 4.69) is 34.4 Å². The van der Waals surface area contributed by atoms with Crippen molar-refractivity contribution in [2.24, 2.45) is 16.3 Å². The van der Waals surface area contributed by atoms with Gasteiger partial charge in [0.1, 0.15) is 5.76 Å². The molecule has 1 aliphatic heterocycles. The van der Waals surface area contributed by atoms with E-state index in [0.717, 1.165) is 62.6 Å². The van der Waals surface area contributed by atoms with Crippen LogP contribution in [-0.2, 0) is 6.54 Å². The van der Waals surface area contributed by atoms with Gasteiger partial charge >= 0.3 is 0 Å². The van der Waals surface area contributed by atoms with Gasteiger partial charge in [-0.1, -0.05) is 19.8 Å². The number of oxazole rings is 1. The molecule has 1 aromatic rings. The molecule has 0 atom stereocenters. The Morgan fingerprint density at radius 2 is 1.87 bits per heavy atom. The lowest BCUT2D eigenvalue weighted by Gasteiger charge is -2.31. The van der Waals surface area contributed by atoms with Gasteiger partial charge in [-0.15, -0.1) is 24.0 Å². The van der Waals surface area contributed by atoms with E-state index in [9.17, 15) is 0 Å². The number of likely N-dealkylation sites (tertiary alicyclic amines) is 1. The molecule has 1 aliphatic carbocycles. The fraction of sp³-hybridized carbons (Fsp3) is 0.826. The van der Waals surface area contributed by atoms with Crippen molar-refractivity contribution in [2.45, 2.75) is 79.2 Å². The van der Waals surface area contributed by atoms with Gasteiger partial charge in [0, 0.05) is 19.6 Å². The first-order valence-corrected chi connectivity index (χ1v) is 11.7. The van der Waals surface area contributed by atoms with Crippen LogP contribution in [0.3, 0.4) is 0 Å². The Morgan fingerprint density at radius 3 is 2.43 bits per heavy atom. The minimum absolute atomic E-state index is 0. The zero-order chi connectivity index (χ0) is 20.7. The number of nitrogens with one attached hydrogen (secondary N) is 2. The zero-order valence-corrected chi connectivity index (χ0v) is 21.8. The second-order valence-corrected chi connectivity index (χ2v) is 9.11. The highest BCUT2D eigenvalue weighted by Gasteiger charge is 2.31. The van der Waals surface area contributed by atoms with E-state index in [1.165, 1.54) is 44.9 Å². The first-order valence-electron chi connectivity index (χ1n) is 11.7. The summed E-state index contributed by atoms with van der Waals surface area (Å²) >= 11 is 0. The molecule has 0 bridgehead atoms. The van der Waals surface area contributed by atoms with Gasteiger partial charge in [0.05, 0.1) is 12.2 Å². The van der Waals surface area contributed by atoms with Crippen molar-refractivity contribution in [1.29, 1.82) is 0 Å². The molecule has 0 amide bonds. The van der Waals surface area contributed by atoms with Gasteiger partial charge in [-0.05, 0) is 77.3 Å². The molecule has 3 rings (SSSR count). The molecule has 2 fully saturated rings. The third-order valence-corrected chi connectivity index (χ3v) is 7.03. The van der Waals surface area contributed by atoms with Crippen LogP contribution in [0.2, 0.25) is 0 Å². The molecule has 1 aromatic heterocycles. The molecule has 1 saturated heterocycles. The Kier molecular flexibility index (Phi) is 10.4. The molecule has 0 radical (unpaired) electrons. The third-order valence-electron chi connectivity index (χ3n) is 7.03. The number of aliphatic imine (C=N–C) groups is 1. The van der Waals surface area contributed by atoms with E-state index in [1.54, 1.807) is 0 Å². The first kappa shape index (κ1) is 25.4. The molecule has 2 heterocycles. The number of hydrogen-bond acceptors (Lipinski definition) is 4. The van der Waals surface area contributed by atoms with Gasteiger partial charge < -0.3 is 15.1 Å². The number of nitrogens with zero attached hydrogens (tertiary/aromatic N) is 3. The minimum Gasteiger partial charge on any atom is -0.444 e. The third kappa shape index (κ3) is 7.11. The van der Waals surface area contributed by atoms with Crippen LogP contribution in [0.4, 0.5) is 0 Å². The van der Waals surface area contributed by atoms with Gasteiger partial charge in [0.25, 0.3) is 0 Å². The van der Waals surface area contributed by atoms with E-state index in [0.29, 0.717) is 11.3 Å². The van der Waals surface area contributed by atoms with E-state index >= 15 is 0 Å². The van der Waals surface area contributed by atoms with Crippen LogP contribution in [0.25, 0.3) is 0 Å².